The van der Waals surface area contributed by atoms with E-state index in [-0.39, 0.29) is 12.6 Å². The number of esters is 1. The van der Waals surface area contributed by atoms with Crippen LogP contribution in [0.15, 0.2) is 0 Å². The second kappa shape index (κ2) is 7.04. The predicted molar refractivity (Wildman–Crippen MR) is 79.3 cm³/mol. The van der Waals surface area contributed by atoms with Gasteiger partial charge in [-0.3, -0.25) is 0 Å². The minimum Gasteiger partial charge on any atom is -0.462 e. The number of carbonyl (C=O) groups is 1. The van der Waals surface area contributed by atoms with Crippen molar-refractivity contribution in [3.05, 3.63) is 10.6 Å². The topological polar surface area (TPSA) is 71.5 Å². The van der Waals surface area contributed by atoms with Crippen molar-refractivity contribution < 1.29 is 14.6 Å². The Balaban J connectivity index is 2.03. The van der Waals surface area contributed by atoms with Gasteiger partial charge in [0.1, 0.15) is 4.88 Å². The first-order chi connectivity index (χ1) is 9.65. The second-order valence-corrected chi connectivity index (χ2v) is 6.11. The molecule has 0 bridgehead atoms. The van der Waals surface area contributed by atoms with E-state index in [0.717, 1.165) is 24.4 Å². The van der Waals surface area contributed by atoms with Gasteiger partial charge in [-0.25, -0.2) is 9.78 Å². The molecular weight excluding hydrogens is 276 g/mol. The summed E-state index contributed by atoms with van der Waals surface area (Å²) in [6.45, 7) is 4.23. The zero-order valence-electron chi connectivity index (χ0n) is 12.0. The molecule has 2 N–H and O–H groups in total. The van der Waals surface area contributed by atoms with Crippen LogP contribution in [-0.2, 0) is 4.74 Å². The second-order valence-electron chi connectivity index (χ2n) is 5.11. The minimum atomic E-state index is -0.297. The molecule has 2 atom stereocenters. The molecule has 0 aliphatic heterocycles. The Hall–Kier alpha value is -1.14. The summed E-state index contributed by atoms with van der Waals surface area (Å²) in [7, 11) is 0. The lowest BCUT2D eigenvalue weighted by Gasteiger charge is -2.19. The molecule has 5 nitrogen and oxygen atoms in total. The third-order valence-electron chi connectivity index (χ3n) is 3.73. The zero-order chi connectivity index (χ0) is 14.5. The highest BCUT2D eigenvalue weighted by Gasteiger charge is 2.28. The Morgan fingerprint density at radius 2 is 2.35 bits per heavy atom. The lowest BCUT2D eigenvalue weighted by Crippen LogP contribution is -2.24. The van der Waals surface area contributed by atoms with Gasteiger partial charge in [-0.1, -0.05) is 17.8 Å². The lowest BCUT2D eigenvalue weighted by atomic mass is 10.0. The molecule has 2 unspecified atom stereocenters. The zero-order valence-corrected chi connectivity index (χ0v) is 12.8. The number of carbonyl (C=O) groups excluding carboxylic acids is 1. The summed E-state index contributed by atoms with van der Waals surface area (Å²) in [6, 6.07) is 0.350. The number of thiazole rings is 1. The highest BCUT2D eigenvalue weighted by Crippen LogP contribution is 2.32. The number of nitrogens with zero attached hydrogens (tertiary/aromatic N) is 1. The highest BCUT2D eigenvalue weighted by molar-refractivity contribution is 7.17. The molecule has 1 aromatic rings. The normalized spacial score (nSPS) is 21.9. The van der Waals surface area contributed by atoms with Crippen molar-refractivity contribution in [1.82, 2.24) is 4.98 Å². The van der Waals surface area contributed by atoms with Gasteiger partial charge in [0.25, 0.3) is 0 Å². The Labute approximate surface area is 123 Å². The molecule has 6 heteroatoms. The molecule has 1 aliphatic carbocycles. The van der Waals surface area contributed by atoms with Crippen LogP contribution in [0.2, 0.25) is 0 Å². The third kappa shape index (κ3) is 3.49. The van der Waals surface area contributed by atoms with Gasteiger partial charge in [-0.15, -0.1) is 0 Å². The fourth-order valence-corrected chi connectivity index (χ4v) is 3.66. The maximum Gasteiger partial charge on any atom is 0.350 e. The van der Waals surface area contributed by atoms with Crippen molar-refractivity contribution in [3.63, 3.8) is 0 Å². The van der Waals surface area contributed by atoms with Crippen molar-refractivity contribution in [2.45, 2.75) is 45.6 Å². The van der Waals surface area contributed by atoms with Crippen LogP contribution in [0, 0.1) is 12.8 Å². The largest absolute Gasteiger partial charge is 0.462 e. The Morgan fingerprint density at radius 1 is 1.55 bits per heavy atom. The van der Waals surface area contributed by atoms with E-state index in [9.17, 15) is 4.79 Å². The molecule has 1 heterocycles. The van der Waals surface area contributed by atoms with Gasteiger partial charge in [0.05, 0.1) is 12.3 Å². The molecule has 0 radical (unpaired) electrons. The minimum absolute atomic E-state index is 0.230. The number of rotatable bonds is 6. The van der Waals surface area contributed by atoms with Crippen LogP contribution in [-0.4, -0.2) is 35.3 Å². The number of nitrogens with one attached hydrogen (secondary N) is 1. The van der Waals surface area contributed by atoms with Gasteiger partial charge < -0.3 is 15.2 Å². The summed E-state index contributed by atoms with van der Waals surface area (Å²) in [4.78, 5) is 16.8. The smallest absolute Gasteiger partial charge is 0.350 e. The Bertz CT molecular complexity index is 461. The number of aromatic nitrogens is 1. The molecule has 1 aromatic heterocycles. The van der Waals surface area contributed by atoms with Gasteiger partial charge in [-0.2, -0.15) is 0 Å². The quantitative estimate of drug-likeness (QED) is 0.790. The molecule has 2 rings (SSSR count). The molecule has 0 spiro atoms. The molecule has 20 heavy (non-hydrogen) atoms. The van der Waals surface area contributed by atoms with E-state index in [4.69, 9.17) is 9.84 Å². The number of hydrogen-bond donors (Lipinski definition) is 2. The summed E-state index contributed by atoms with van der Waals surface area (Å²) >= 11 is 1.36. The number of aryl methyl sites for hydroxylation is 1. The Morgan fingerprint density at radius 3 is 3.05 bits per heavy atom. The van der Waals surface area contributed by atoms with Crippen LogP contribution in [0.1, 0.15) is 48.0 Å². The standard InChI is InChI=1S/C14H22N2O3S/c1-3-19-13(18)12-9(2)15-14(20-12)16-11-6-4-5-10(11)7-8-17/h10-11,17H,3-8H2,1-2H3,(H,15,16). The van der Waals surface area contributed by atoms with E-state index < -0.39 is 0 Å². The van der Waals surface area contributed by atoms with Crippen molar-refractivity contribution >= 4 is 22.4 Å². The van der Waals surface area contributed by atoms with Crippen LogP contribution in [0.3, 0.4) is 0 Å². The van der Waals surface area contributed by atoms with Crippen molar-refractivity contribution in [3.8, 4) is 0 Å². The summed E-state index contributed by atoms with van der Waals surface area (Å²) in [6.07, 6.45) is 4.25. The lowest BCUT2D eigenvalue weighted by molar-refractivity contribution is 0.0531. The highest BCUT2D eigenvalue weighted by atomic mass is 32.1. The van der Waals surface area contributed by atoms with Crippen LogP contribution >= 0.6 is 11.3 Å². The maximum atomic E-state index is 11.8. The molecule has 1 saturated carbocycles. The van der Waals surface area contributed by atoms with Gasteiger partial charge in [0.15, 0.2) is 5.13 Å². The van der Waals surface area contributed by atoms with Crippen LogP contribution < -0.4 is 5.32 Å². The summed E-state index contributed by atoms with van der Waals surface area (Å²) < 4.78 is 5.02. The summed E-state index contributed by atoms with van der Waals surface area (Å²) in [5, 5.41) is 13.3. The Kier molecular flexibility index (Phi) is 5.37. The van der Waals surface area contributed by atoms with E-state index in [1.54, 1.807) is 6.92 Å². The van der Waals surface area contributed by atoms with E-state index in [2.05, 4.69) is 10.3 Å². The molecule has 1 aliphatic rings. The van der Waals surface area contributed by atoms with Crippen LogP contribution in [0.25, 0.3) is 0 Å². The van der Waals surface area contributed by atoms with E-state index >= 15 is 0 Å². The number of ether oxygens (including phenoxy) is 1. The third-order valence-corrected chi connectivity index (χ3v) is 4.79. The van der Waals surface area contributed by atoms with Gasteiger partial charge in [-0.05, 0) is 39.0 Å². The maximum absolute atomic E-state index is 11.8. The monoisotopic (exact) mass is 298 g/mol. The number of aliphatic hydroxyl groups excluding tert-OH is 1. The van der Waals surface area contributed by atoms with E-state index in [1.165, 1.54) is 17.8 Å². The van der Waals surface area contributed by atoms with Crippen molar-refractivity contribution in [2.75, 3.05) is 18.5 Å². The van der Waals surface area contributed by atoms with Crippen LogP contribution in [0.5, 0.6) is 0 Å². The van der Waals surface area contributed by atoms with Gasteiger partial charge in [0, 0.05) is 12.6 Å². The first kappa shape index (κ1) is 15.3. The number of hydrogen-bond acceptors (Lipinski definition) is 6. The first-order valence-corrected chi connectivity index (χ1v) is 7.99. The SMILES string of the molecule is CCOC(=O)c1sc(NC2CCCC2CCO)nc1C. The molecule has 0 amide bonds. The van der Waals surface area contributed by atoms with E-state index in [0.29, 0.717) is 29.1 Å². The van der Waals surface area contributed by atoms with Gasteiger partial charge in [0.2, 0.25) is 0 Å². The predicted octanol–water partition coefficient (Wildman–Crippen LogP) is 2.59. The fraction of sp³-hybridized carbons (Fsp3) is 0.714. The van der Waals surface area contributed by atoms with Crippen molar-refractivity contribution in [1.29, 1.82) is 0 Å². The number of aliphatic hydroxyl groups is 1. The molecule has 1 fully saturated rings. The average molecular weight is 298 g/mol. The summed E-state index contributed by atoms with van der Waals surface area (Å²) in [5.74, 6) is 0.198. The molecule has 112 valence electrons. The molecule has 0 aromatic carbocycles. The van der Waals surface area contributed by atoms with Crippen molar-refractivity contribution in [2.24, 2.45) is 5.92 Å². The number of anilines is 1. The van der Waals surface area contributed by atoms with E-state index in [1.807, 2.05) is 6.92 Å². The fourth-order valence-electron chi connectivity index (χ4n) is 2.74. The molecular formula is C14H22N2O3S. The first-order valence-electron chi connectivity index (χ1n) is 7.17. The average Bonchev–Trinajstić information content (AvgIpc) is 2.98. The molecule has 0 saturated heterocycles. The van der Waals surface area contributed by atoms with Gasteiger partial charge >= 0.3 is 5.97 Å². The summed E-state index contributed by atoms with van der Waals surface area (Å²) in [5.41, 5.74) is 0.715. The van der Waals surface area contributed by atoms with Crippen LogP contribution in [0.4, 0.5) is 5.13 Å².